The molecule has 2 aliphatic heterocycles. The Morgan fingerprint density at radius 2 is 1.81 bits per heavy atom. The van der Waals surface area contributed by atoms with Crippen molar-refractivity contribution in [2.24, 2.45) is 0 Å². The van der Waals surface area contributed by atoms with Crippen LogP contribution in [0.3, 0.4) is 0 Å². The summed E-state index contributed by atoms with van der Waals surface area (Å²) in [5.74, 6) is -0.0869. The molecule has 31 heavy (non-hydrogen) atoms. The molecule has 1 atom stereocenters. The fourth-order valence-corrected chi connectivity index (χ4v) is 5.50. The van der Waals surface area contributed by atoms with Crippen molar-refractivity contribution in [2.45, 2.75) is 30.4 Å². The molecule has 2 saturated heterocycles. The Bertz CT molecular complexity index is 983. The first-order chi connectivity index (χ1) is 15.0. The van der Waals surface area contributed by atoms with Crippen molar-refractivity contribution < 1.29 is 17.9 Å². The van der Waals surface area contributed by atoms with Gasteiger partial charge < -0.3 is 10.1 Å². The maximum absolute atomic E-state index is 12.8. The van der Waals surface area contributed by atoms with E-state index in [0.29, 0.717) is 49.7 Å². The molecular weight excluding hydrogens is 414 g/mol. The zero-order chi connectivity index (χ0) is 21.7. The number of ether oxygens (including phenoxy) is 1. The van der Waals surface area contributed by atoms with Gasteiger partial charge in [0.05, 0.1) is 11.0 Å². The van der Waals surface area contributed by atoms with Crippen molar-refractivity contribution in [3.8, 4) is 0 Å². The molecule has 0 radical (unpaired) electrons. The zero-order valence-corrected chi connectivity index (χ0v) is 18.4. The van der Waals surface area contributed by atoms with Crippen LogP contribution in [0.1, 0.15) is 28.8 Å². The first-order valence-electron chi connectivity index (χ1n) is 10.8. The largest absolute Gasteiger partial charge is 0.376 e. The molecule has 1 unspecified atom stereocenters. The number of amides is 1. The second-order valence-electron chi connectivity index (χ2n) is 8.04. The van der Waals surface area contributed by atoms with Crippen LogP contribution >= 0.6 is 0 Å². The predicted molar refractivity (Wildman–Crippen MR) is 118 cm³/mol. The third kappa shape index (κ3) is 5.51. The summed E-state index contributed by atoms with van der Waals surface area (Å²) in [6, 6.07) is 16.2. The van der Waals surface area contributed by atoms with Crippen LogP contribution in [-0.2, 0) is 21.3 Å². The van der Waals surface area contributed by atoms with E-state index >= 15 is 0 Å². The second-order valence-corrected chi connectivity index (χ2v) is 9.98. The molecule has 166 valence electrons. The molecule has 0 spiro atoms. The minimum atomic E-state index is -3.45. The van der Waals surface area contributed by atoms with Crippen LogP contribution in [0.15, 0.2) is 59.5 Å². The lowest BCUT2D eigenvalue weighted by atomic mass is 10.1. The molecule has 7 nitrogen and oxygen atoms in total. The summed E-state index contributed by atoms with van der Waals surface area (Å²) in [6.45, 7) is 4.23. The highest BCUT2D eigenvalue weighted by Gasteiger charge is 2.28. The topological polar surface area (TPSA) is 79.0 Å². The number of rotatable bonds is 7. The number of carbonyl (C=O) groups is 1. The Labute approximate surface area is 184 Å². The van der Waals surface area contributed by atoms with Gasteiger partial charge in [-0.25, -0.2) is 8.42 Å². The molecular formula is C23H29N3O4S. The Morgan fingerprint density at radius 1 is 1.03 bits per heavy atom. The maximum Gasteiger partial charge on any atom is 0.251 e. The number of sulfonamides is 1. The lowest BCUT2D eigenvalue weighted by Crippen LogP contribution is -2.48. The minimum Gasteiger partial charge on any atom is -0.376 e. The van der Waals surface area contributed by atoms with Crippen LogP contribution in [0.5, 0.6) is 0 Å². The van der Waals surface area contributed by atoms with Crippen molar-refractivity contribution in [1.29, 1.82) is 0 Å². The molecule has 2 heterocycles. The summed E-state index contributed by atoms with van der Waals surface area (Å²) in [7, 11) is -3.45. The van der Waals surface area contributed by atoms with Gasteiger partial charge in [-0.3, -0.25) is 9.69 Å². The van der Waals surface area contributed by atoms with Gasteiger partial charge in [0.15, 0.2) is 0 Å². The molecule has 2 aromatic carbocycles. The molecule has 2 fully saturated rings. The second kappa shape index (κ2) is 9.91. The van der Waals surface area contributed by atoms with Crippen molar-refractivity contribution in [3.05, 3.63) is 65.7 Å². The average Bonchev–Trinajstić information content (AvgIpc) is 3.32. The molecule has 1 amide bonds. The fraction of sp³-hybridized carbons (Fsp3) is 0.435. The number of carbonyl (C=O) groups excluding carboxylic acids is 1. The normalized spacial score (nSPS) is 20.6. The van der Waals surface area contributed by atoms with E-state index < -0.39 is 10.0 Å². The Balaban J connectivity index is 1.30. The Morgan fingerprint density at radius 3 is 2.52 bits per heavy atom. The van der Waals surface area contributed by atoms with Crippen molar-refractivity contribution in [2.75, 3.05) is 39.3 Å². The fourth-order valence-electron chi connectivity index (χ4n) is 4.05. The van der Waals surface area contributed by atoms with E-state index in [0.717, 1.165) is 25.0 Å². The third-order valence-corrected chi connectivity index (χ3v) is 7.73. The number of nitrogens with one attached hydrogen (secondary N) is 1. The summed E-state index contributed by atoms with van der Waals surface area (Å²) in [5.41, 5.74) is 1.69. The van der Waals surface area contributed by atoms with Gasteiger partial charge in [0.25, 0.3) is 5.91 Å². The highest BCUT2D eigenvalue weighted by molar-refractivity contribution is 7.89. The van der Waals surface area contributed by atoms with E-state index in [4.69, 9.17) is 4.74 Å². The van der Waals surface area contributed by atoms with Gasteiger partial charge in [0.2, 0.25) is 10.0 Å². The molecule has 2 aromatic rings. The molecule has 0 aromatic heterocycles. The molecule has 2 aliphatic rings. The van der Waals surface area contributed by atoms with Gasteiger partial charge in [-0.2, -0.15) is 4.31 Å². The van der Waals surface area contributed by atoms with Gasteiger partial charge in [0.1, 0.15) is 0 Å². The van der Waals surface area contributed by atoms with E-state index in [9.17, 15) is 13.2 Å². The molecule has 8 heteroatoms. The van der Waals surface area contributed by atoms with E-state index in [-0.39, 0.29) is 12.0 Å². The number of nitrogens with zero attached hydrogens (tertiary/aromatic N) is 2. The van der Waals surface area contributed by atoms with Crippen LogP contribution in [0.4, 0.5) is 0 Å². The molecule has 0 saturated carbocycles. The Kier molecular flexibility index (Phi) is 7.02. The lowest BCUT2D eigenvalue weighted by molar-refractivity contribution is 0.0857. The van der Waals surface area contributed by atoms with Crippen molar-refractivity contribution in [3.63, 3.8) is 0 Å². The lowest BCUT2D eigenvalue weighted by Gasteiger charge is -2.34. The number of hydrogen-bond acceptors (Lipinski definition) is 5. The standard InChI is InChI=1S/C23H29N3O4S/c27-23(24-17-21-8-5-15-30-21)20-7-4-6-19(16-20)18-25-11-13-26(14-12-25)31(28,29)22-9-2-1-3-10-22/h1-4,6-7,9-10,16,21H,5,8,11-15,17-18H2,(H,24,27). The monoisotopic (exact) mass is 443 g/mol. The molecule has 1 N–H and O–H groups in total. The maximum atomic E-state index is 12.8. The smallest absolute Gasteiger partial charge is 0.251 e. The van der Waals surface area contributed by atoms with Gasteiger partial charge in [0, 0.05) is 51.4 Å². The SMILES string of the molecule is O=C(NCC1CCCO1)c1cccc(CN2CCN(S(=O)(=O)c3ccccc3)CC2)c1. The zero-order valence-electron chi connectivity index (χ0n) is 17.6. The van der Waals surface area contributed by atoms with Crippen LogP contribution in [0.2, 0.25) is 0 Å². The third-order valence-electron chi connectivity index (χ3n) is 5.82. The summed E-state index contributed by atoms with van der Waals surface area (Å²) in [5, 5.41) is 2.96. The molecule has 0 bridgehead atoms. The summed E-state index contributed by atoms with van der Waals surface area (Å²) in [6.07, 6.45) is 2.16. The minimum absolute atomic E-state index is 0.0869. The number of benzene rings is 2. The average molecular weight is 444 g/mol. The van der Waals surface area contributed by atoms with Crippen molar-refractivity contribution >= 4 is 15.9 Å². The molecule has 4 rings (SSSR count). The highest BCUT2D eigenvalue weighted by Crippen LogP contribution is 2.18. The van der Waals surface area contributed by atoms with Gasteiger partial charge in [-0.05, 0) is 42.7 Å². The first-order valence-corrected chi connectivity index (χ1v) is 12.2. The van der Waals surface area contributed by atoms with Crippen molar-refractivity contribution in [1.82, 2.24) is 14.5 Å². The molecule has 0 aliphatic carbocycles. The number of hydrogen-bond donors (Lipinski definition) is 1. The predicted octanol–water partition coefficient (Wildman–Crippen LogP) is 2.10. The van der Waals surface area contributed by atoms with Crippen LogP contribution in [0, 0.1) is 0 Å². The summed E-state index contributed by atoms with van der Waals surface area (Å²) in [4.78, 5) is 15.0. The van der Waals surface area contributed by atoms with Crippen LogP contribution < -0.4 is 5.32 Å². The van der Waals surface area contributed by atoms with Gasteiger partial charge in [-0.15, -0.1) is 0 Å². The van der Waals surface area contributed by atoms with Crippen LogP contribution in [0.25, 0.3) is 0 Å². The van der Waals surface area contributed by atoms with Gasteiger partial charge in [-0.1, -0.05) is 30.3 Å². The van der Waals surface area contributed by atoms with E-state index in [1.807, 2.05) is 30.3 Å². The van der Waals surface area contributed by atoms with Gasteiger partial charge >= 0.3 is 0 Å². The summed E-state index contributed by atoms with van der Waals surface area (Å²) < 4.78 is 32.7. The first kappa shape index (κ1) is 22.0. The highest BCUT2D eigenvalue weighted by atomic mass is 32.2. The summed E-state index contributed by atoms with van der Waals surface area (Å²) >= 11 is 0. The quantitative estimate of drug-likeness (QED) is 0.709. The van der Waals surface area contributed by atoms with Crippen LogP contribution in [-0.4, -0.2) is 69.0 Å². The van der Waals surface area contributed by atoms with E-state index in [2.05, 4.69) is 10.2 Å². The van der Waals surface area contributed by atoms with E-state index in [1.54, 1.807) is 28.6 Å². The Hall–Kier alpha value is -2.26. The number of piperazine rings is 1. The van der Waals surface area contributed by atoms with E-state index in [1.165, 1.54) is 0 Å².